The van der Waals surface area contributed by atoms with Crippen molar-refractivity contribution < 1.29 is 32.7 Å². The van der Waals surface area contributed by atoms with Crippen LogP contribution in [-0.2, 0) is 34.5 Å². The minimum Gasteiger partial charge on any atom is -0.497 e. The first-order valence-electron chi connectivity index (χ1n) is 18.0. The number of carbonyl (C=O) groups excluding carboxylic acids is 2. The van der Waals surface area contributed by atoms with Crippen LogP contribution in [-0.4, -0.2) is 53.3 Å². The van der Waals surface area contributed by atoms with Crippen LogP contribution in [0.4, 0.5) is 0 Å². The molecule has 8 heteroatoms. The number of esters is 1. The first-order valence-corrected chi connectivity index (χ1v) is 19.8. The van der Waals surface area contributed by atoms with Crippen LogP contribution in [0.1, 0.15) is 46.1 Å². The van der Waals surface area contributed by atoms with Crippen LogP contribution in [0.2, 0.25) is 0 Å². The van der Waals surface area contributed by atoms with Gasteiger partial charge >= 0.3 is 14.5 Å². The summed E-state index contributed by atoms with van der Waals surface area (Å²) in [6, 6.07) is 28.6. The Labute approximate surface area is 303 Å². The van der Waals surface area contributed by atoms with Gasteiger partial charge in [0.2, 0.25) is 0 Å². The Morgan fingerprint density at radius 3 is 2.14 bits per heavy atom. The van der Waals surface area contributed by atoms with E-state index in [1.807, 2.05) is 80.6 Å². The number of carbonyl (C=O) groups is 2. The van der Waals surface area contributed by atoms with E-state index in [4.69, 9.17) is 23.1 Å². The van der Waals surface area contributed by atoms with E-state index in [1.54, 1.807) is 7.11 Å². The number of rotatable bonds is 10. The van der Waals surface area contributed by atoms with Crippen molar-refractivity contribution in [3.05, 3.63) is 125 Å². The minimum atomic E-state index is -3.32. The van der Waals surface area contributed by atoms with Gasteiger partial charge in [0.05, 0.1) is 39.6 Å². The average Bonchev–Trinajstić information content (AvgIpc) is 3.40. The highest BCUT2D eigenvalue weighted by atomic mass is 28.4. The lowest BCUT2D eigenvalue weighted by Gasteiger charge is -2.50. The van der Waals surface area contributed by atoms with Gasteiger partial charge in [-0.15, -0.1) is 0 Å². The number of hydrogen-bond donors (Lipinski definition) is 0. The number of ether oxygens (including phenoxy) is 3. The molecular weight excluding hydrogens is 657 g/mol. The molecule has 268 valence electrons. The zero-order chi connectivity index (χ0) is 36.1. The maximum Gasteiger partial charge on any atom is 0.407 e. The lowest BCUT2D eigenvalue weighted by atomic mass is 9.64. The highest BCUT2D eigenvalue weighted by Crippen LogP contribution is 2.47. The summed E-state index contributed by atoms with van der Waals surface area (Å²) in [6.45, 7) is 9.18. The van der Waals surface area contributed by atoms with Crippen molar-refractivity contribution in [2.45, 2.75) is 59.4 Å². The number of benzene rings is 3. The Kier molecular flexibility index (Phi) is 11.6. The molecule has 0 N–H and O–H groups in total. The molecule has 7 atom stereocenters. The fraction of sp³-hybridized carbons (Fsp3) is 0.395. The average molecular weight is 707 g/mol. The van der Waals surface area contributed by atoms with E-state index < -0.39 is 20.6 Å². The summed E-state index contributed by atoms with van der Waals surface area (Å²) in [6.07, 6.45) is 6.57. The van der Waals surface area contributed by atoms with Crippen molar-refractivity contribution in [2.24, 2.45) is 29.6 Å². The van der Waals surface area contributed by atoms with Crippen molar-refractivity contribution in [3.63, 3.8) is 0 Å². The number of methoxy groups -OCH3 is 2. The van der Waals surface area contributed by atoms with Crippen molar-refractivity contribution in [1.82, 2.24) is 0 Å². The van der Waals surface area contributed by atoms with Gasteiger partial charge in [0, 0.05) is 23.8 Å². The lowest BCUT2D eigenvalue weighted by Crippen LogP contribution is -2.67. The summed E-state index contributed by atoms with van der Waals surface area (Å²) in [5, 5.41) is 2.08. The van der Waals surface area contributed by atoms with Gasteiger partial charge in [-0.05, 0) is 82.5 Å². The van der Waals surface area contributed by atoms with Crippen molar-refractivity contribution in [2.75, 3.05) is 20.8 Å². The van der Waals surface area contributed by atoms with Gasteiger partial charge in [-0.1, -0.05) is 99.6 Å². The first-order chi connectivity index (χ1) is 24.6. The third-order valence-corrected chi connectivity index (χ3v) is 14.3. The van der Waals surface area contributed by atoms with Gasteiger partial charge in [0.25, 0.3) is 0 Å². The molecule has 0 saturated heterocycles. The molecule has 0 amide bonds. The predicted octanol–water partition coefficient (Wildman–Crippen LogP) is 6.74. The minimum absolute atomic E-state index is 0.0628. The Hall–Kier alpha value is -4.08. The third-order valence-electron chi connectivity index (χ3n) is 11.0. The molecule has 0 radical (unpaired) electrons. The van der Waals surface area contributed by atoms with Crippen molar-refractivity contribution in [3.8, 4) is 5.75 Å². The molecular formula is C43H50O7Si. The van der Waals surface area contributed by atoms with Crippen molar-refractivity contribution in [1.29, 1.82) is 0 Å². The second-order valence-electron chi connectivity index (χ2n) is 14.3. The molecule has 6 rings (SSSR count). The molecule has 7 nitrogen and oxygen atoms in total. The SMILES string of the molecule is COC(=O)/C=C\[C@H](OCc1ccc(OC)cc1)[C@H]1[C@@H]2/C=C(/C3=C(C)C(=O)C(C)C3)CO[Si](c3ccccc3)(c3ccccc3)O[C@@H]2[C@H](C)C[C@@H]1C. The van der Waals surface area contributed by atoms with Crippen LogP contribution >= 0.6 is 0 Å². The number of allylic oxidation sites excluding steroid dienone is 1. The molecule has 0 spiro atoms. The Bertz CT molecular complexity index is 1730. The third kappa shape index (κ3) is 7.75. The van der Waals surface area contributed by atoms with Gasteiger partial charge in [-0.2, -0.15) is 0 Å². The van der Waals surface area contributed by atoms with Gasteiger partial charge in [-0.25, -0.2) is 4.79 Å². The van der Waals surface area contributed by atoms with Gasteiger partial charge in [0.15, 0.2) is 5.78 Å². The largest absolute Gasteiger partial charge is 0.497 e. The molecule has 3 aromatic rings. The molecule has 1 unspecified atom stereocenters. The first kappa shape index (κ1) is 36.7. The van der Waals surface area contributed by atoms with Crippen LogP contribution in [0.25, 0.3) is 0 Å². The molecule has 1 aliphatic heterocycles. The quantitative estimate of drug-likeness (QED) is 0.131. The second kappa shape index (κ2) is 16.1. The monoisotopic (exact) mass is 706 g/mol. The van der Waals surface area contributed by atoms with Gasteiger partial charge in [-0.3, -0.25) is 4.79 Å². The predicted molar refractivity (Wildman–Crippen MR) is 201 cm³/mol. The summed E-state index contributed by atoms with van der Waals surface area (Å²) in [4.78, 5) is 25.8. The summed E-state index contributed by atoms with van der Waals surface area (Å²) < 4.78 is 32.0. The fourth-order valence-corrected chi connectivity index (χ4v) is 11.8. The maximum atomic E-state index is 13.3. The highest BCUT2D eigenvalue weighted by Gasteiger charge is 2.53. The van der Waals surface area contributed by atoms with E-state index >= 15 is 0 Å². The van der Waals surface area contributed by atoms with E-state index in [0.717, 1.165) is 44.8 Å². The molecule has 2 aliphatic carbocycles. The standard InChI is InChI=1S/C43H50O7Si/c1-28-23-30(3)43-38(41(28)39(21-22-40(44)47-6)48-26-32-17-19-34(46-5)20-18-32)25-33(37-24-29(2)42(45)31(37)4)27-49-51(50-43,35-13-9-7-10-14-35)36-15-11-8-12-16-36/h7-22,25,28-30,38-39,41,43H,23-24,26-27H2,1-6H3/b22-21-,33-25+/t28-,29?,30+,38-,39-,41+,43+/m0/s1. The number of fused-ring (bicyclic) bond motifs is 1. The number of hydrogen-bond acceptors (Lipinski definition) is 7. The van der Waals surface area contributed by atoms with Crippen LogP contribution in [0.5, 0.6) is 5.75 Å². The topological polar surface area (TPSA) is 80.3 Å². The molecule has 51 heavy (non-hydrogen) atoms. The van der Waals surface area contributed by atoms with E-state index in [1.165, 1.54) is 13.2 Å². The Balaban J connectivity index is 1.50. The van der Waals surface area contributed by atoms with E-state index in [2.05, 4.69) is 44.2 Å². The molecule has 0 aromatic heterocycles. The van der Waals surface area contributed by atoms with E-state index in [-0.39, 0.29) is 41.5 Å². The van der Waals surface area contributed by atoms with Gasteiger partial charge < -0.3 is 23.1 Å². The molecule has 3 aromatic carbocycles. The van der Waals surface area contributed by atoms with Crippen LogP contribution in [0.3, 0.4) is 0 Å². The zero-order valence-electron chi connectivity index (χ0n) is 30.5. The van der Waals surface area contributed by atoms with Crippen LogP contribution < -0.4 is 15.1 Å². The summed E-state index contributed by atoms with van der Waals surface area (Å²) in [5.74, 6) is 0.688. The number of ketones is 1. The molecule has 1 heterocycles. The molecule has 1 saturated carbocycles. The maximum absolute atomic E-state index is 13.3. The van der Waals surface area contributed by atoms with Gasteiger partial charge in [0.1, 0.15) is 5.75 Å². The Morgan fingerprint density at radius 2 is 1.57 bits per heavy atom. The summed E-state index contributed by atoms with van der Waals surface area (Å²) in [7, 11) is -0.283. The highest BCUT2D eigenvalue weighted by molar-refractivity contribution is 6.92. The molecule has 1 fully saturated rings. The molecule has 0 bridgehead atoms. The Morgan fingerprint density at radius 1 is 0.922 bits per heavy atom. The van der Waals surface area contributed by atoms with E-state index in [9.17, 15) is 9.59 Å². The summed E-state index contributed by atoms with van der Waals surface area (Å²) >= 11 is 0. The zero-order valence-corrected chi connectivity index (χ0v) is 31.5. The molecule has 3 aliphatic rings. The van der Waals surface area contributed by atoms with Crippen molar-refractivity contribution >= 4 is 30.7 Å². The number of Topliss-reactive ketones (excluding diaryl/α,β-unsaturated/α-hetero) is 1. The fourth-order valence-electron chi connectivity index (χ4n) is 8.35. The second-order valence-corrected chi connectivity index (χ2v) is 17.2. The van der Waals surface area contributed by atoms with E-state index in [0.29, 0.717) is 19.6 Å². The van der Waals surface area contributed by atoms with Crippen LogP contribution in [0.15, 0.2) is 120 Å². The normalized spacial score (nSPS) is 28.0. The summed E-state index contributed by atoms with van der Waals surface area (Å²) in [5.41, 5.74) is 3.93. The smallest absolute Gasteiger partial charge is 0.407 e. The lowest BCUT2D eigenvalue weighted by molar-refractivity contribution is -0.135. The van der Waals surface area contributed by atoms with Crippen LogP contribution in [0, 0.1) is 29.6 Å².